The molecule has 0 saturated heterocycles. The summed E-state index contributed by atoms with van der Waals surface area (Å²) in [7, 11) is 0. The summed E-state index contributed by atoms with van der Waals surface area (Å²) in [5.41, 5.74) is 4.25. The maximum atomic E-state index is 13.0. The Bertz CT molecular complexity index is 494. The molecular formula is C11H12F2N2O4. The fraction of sp³-hybridized carbons (Fsp3) is 0.273. The number of halogens is 2. The highest BCUT2D eigenvalue weighted by atomic mass is 19.2. The van der Waals surface area contributed by atoms with Gasteiger partial charge in [-0.1, -0.05) is 0 Å². The van der Waals surface area contributed by atoms with E-state index in [9.17, 15) is 18.4 Å². The number of carbonyl (C=O) groups excluding carboxylic acids is 1. The summed E-state index contributed by atoms with van der Waals surface area (Å²) in [5, 5.41) is 10.9. The van der Waals surface area contributed by atoms with Crippen LogP contribution in [0.5, 0.6) is 0 Å². The first-order valence-corrected chi connectivity index (χ1v) is 5.25. The number of hydrogen-bond donors (Lipinski definition) is 3. The zero-order valence-corrected chi connectivity index (χ0v) is 9.78. The molecule has 0 aliphatic heterocycles. The van der Waals surface area contributed by atoms with Gasteiger partial charge in [0.05, 0.1) is 17.9 Å². The van der Waals surface area contributed by atoms with Crippen molar-refractivity contribution in [3.05, 3.63) is 29.3 Å². The van der Waals surface area contributed by atoms with Crippen molar-refractivity contribution in [3.8, 4) is 0 Å². The number of anilines is 1. The molecule has 0 aliphatic carbocycles. The molecule has 0 fully saturated rings. The Labute approximate surface area is 107 Å². The summed E-state index contributed by atoms with van der Waals surface area (Å²) >= 11 is 0. The molecule has 0 unspecified atom stereocenters. The lowest BCUT2D eigenvalue weighted by Gasteiger charge is -2.09. The highest BCUT2D eigenvalue weighted by Gasteiger charge is 2.17. The third-order valence-electron chi connectivity index (χ3n) is 2.06. The van der Waals surface area contributed by atoms with Gasteiger partial charge >= 0.3 is 5.97 Å². The van der Waals surface area contributed by atoms with Crippen LogP contribution in [0.4, 0.5) is 14.5 Å². The summed E-state index contributed by atoms with van der Waals surface area (Å²) in [4.78, 5) is 22.2. The molecule has 104 valence electrons. The van der Waals surface area contributed by atoms with Gasteiger partial charge in [0, 0.05) is 12.6 Å². The monoisotopic (exact) mass is 274 g/mol. The zero-order valence-electron chi connectivity index (χ0n) is 9.78. The molecule has 1 aromatic rings. The molecule has 1 aromatic carbocycles. The predicted octanol–water partition coefficient (Wildman–Crippen LogP) is 0.577. The standard InChI is InChI=1S/C11H12F2N2O4/c12-7-3-6(11(17)18)9(4-8(7)13)15-10(16)5-19-2-1-14/h3-4H,1-2,5,14H2,(H,15,16)(H,17,18). The van der Waals surface area contributed by atoms with Crippen molar-refractivity contribution in [2.24, 2.45) is 5.73 Å². The lowest BCUT2D eigenvalue weighted by atomic mass is 10.1. The number of nitrogens with one attached hydrogen (secondary N) is 1. The minimum Gasteiger partial charge on any atom is -0.478 e. The minimum atomic E-state index is -1.49. The van der Waals surface area contributed by atoms with Crippen molar-refractivity contribution < 1.29 is 28.2 Å². The largest absolute Gasteiger partial charge is 0.478 e. The van der Waals surface area contributed by atoms with Gasteiger partial charge < -0.3 is 20.9 Å². The zero-order chi connectivity index (χ0) is 14.4. The van der Waals surface area contributed by atoms with Crippen LogP contribution in [0.1, 0.15) is 10.4 Å². The molecule has 0 aromatic heterocycles. The van der Waals surface area contributed by atoms with Crippen LogP contribution in [0.2, 0.25) is 0 Å². The molecule has 19 heavy (non-hydrogen) atoms. The van der Waals surface area contributed by atoms with Gasteiger partial charge in [0.25, 0.3) is 0 Å². The number of carboxylic acids is 1. The van der Waals surface area contributed by atoms with Crippen LogP contribution < -0.4 is 11.1 Å². The van der Waals surface area contributed by atoms with E-state index in [1.54, 1.807) is 0 Å². The number of aromatic carboxylic acids is 1. The molecule has 1 rings (SSSR count). The summed E-state index contributed by atoms with van der Waals surface area (Å²) in [5.74, 6) is -4.75. The van der Waals surface area contributed by atoms with Gasteiger partial charge in [0.15, 0.2) is 11.6 Å². The van der Waals surface area contributed by atoms with Crippen molar-refractivity contribution in [1.82, 2.24) is 0 Å². The molecule has 0 atom stereocenters. The summed E-state index contributed by atoms with van der Waals surface area (Å²) in [6, 6.07) is 1.09. The quantitative estimate of drug-likeness (QED) is 0.658. The van der Waals surface area contributed by atoms with E-state index in [-0.39, 0.29) is 25.4 Å². The number of benzene rings is 1. The van der Waals surface area contributed by atoms with Crippen molar-refractivity contribution in [2.45, 2.75) is 0 Å². The minimum absolute atomic E-state index is 0.150. The SMILES string of the molecule is NCCOCC(=O)Nc1cc(F)c(F)cc1C(=O)O. The van der Waals surface area contributed by atoms with E-state index in [0.29, 0.717) is 12.1 Å². The van der Waals surface area contributed by atoms with Crippen LogP contribution in [-0.4, -0.2) is 36.7 Å². The fourth-order valence-electron chi connectivity index (χ4n) is 1.26. The number of ether oxygens (including phenoxy) is 1. The van der Waals surface area contributed by atoms with Crippen LogP contribution in [0, 0.1) is 11.6 Å². The Morgan fingerprint density at radius 3 is 2.53 bits per heavy atom. The van der Waals surface area contributed by atoms with E-state index >= 15 is 0 Å². The van der Waals surface area contributed by atoms with E-state index in [0.717, 1.165) is 0 Å². The second-order valence-electron chi connectivity index (χ2n) is 3.51. The molecule has 0 spiro atoms. The first-order chi connectivity index (χ1) is 8.95. The molecule has 0 saturated carbocycles. The summed E-state index contributed by atoms with van der Waals surface area (Å²) < 4.78 is 30.7. The van der Waals surface area contributed by atoms with Crippen molar-refractivity contribution in [2.75, 3.05) is 25.1 Å². The Morgan fingerprint density at radius 2 is 1.95 bits per heavy atom. The van der Waals surface area contributed by atoms with Gasteiger partial charge in [0.2, 0.25) is 5.91 Å². The first kappa shape index (κ1) is 15.0. The topological polar surface area (TPSA) is 102 Å². The highest BCUT2D eigenvalue weighted by Crippen LogP contribution is 2.20. The second kappa shape index (κ2) is 6.76. The number of carbonyl (C=O) groups is 2. The average Bonchev–Trinajstić information content (AvgIpc) is 2.33. The van der Waals surface area contributed by atoms with E-state index in [4.69, 9.17) is 15.6 Å². The number of nitrogens with two attached hydrogens (primary N) is 1. The number of hydrogen-bond acceptors (Lipinski definition) is 4. The number of amides is 1. The van der Waals surface area contributed by atoms with E-state index < -0.39 is 29.1 Å². The highest BCUT2D eigenvalue weighted by molar-refractivity contribution is 6.00. The van der Waals surface area contributed by atoms with E-state index in [2.05, 4.69) is 5.32 Å². The Hall–Kier alpha value is -2.06. The van der Waals surface area contributed by atoms with Crippen LogP contribution in [0.15, 0.2) is 12.1 Å². The molecule has 1 amide bonds. The molecule has 4 N–H and O–H groups in total. The van der Waals surface area contributed by atoms with Gasteiger partial charge in [0.1, 0.15) is 6.61 Å². The van der Waals surface area contributed by atoms with Gasteiger partial charge in [-0.2, -0.15) is 0 Å². The van der Waals surface area contributed by atoms with E-state index in [1.165, 1.54) is 0 Å². The molecule has 8 heteroatoms. The molecule has 0 aliphatic rings. The second-order valence-corrected chi connectivity index (χ2v) is 3.51. The van der Waals surface area contributed by atoms with Crippen LogP contribution >= 0.6 is 0 Å². The predicted molar refractivity (Wildman–Crippen MR) is 61.8 cm³/mol. The smallest absolute Gasteiger partial charge is 0.337 e. The lowest BCUT2D eigenvalue weighted by molar-refractivity contribution is -0.120. The van der Waals surface area contributed by atoms with Crippen molar-refractivity contribution in [3.63, 3.8) is 0 Å². The fourth-order valence-corrected chi connectivity index (χ4v) is 1.26. The van der Waals surface area contributed by atoms with Crippen LogP contribution in [0.25, 0.3) is 0 Å². The van der Waals surface area contributed by atoms with Crippen molar-refractivity contribution in [1.29, 1.82) is 0 Å². The maximum absolute atomic E-state index is 13.0. The summed E-state index contributed by atoms with van der Waals surface area (Å²) in [6.07, 6.45) is 0. The molecular weight excluding hydrogens is 262 g/mol. The molecule has 0 radical (unpaired) electrons. The van der Waals surface area contributed by atoms with Gasteiger partial charge in [-0.15, -0.1) is 0 Å². The number of rotatable bonds is 6. The third-order valence-corrected chi connectivity index (χ3v) is 2.06. The first-order valence-electron chi connectivity index (χ1n) is 5.25. The maximum Gasteiger partial charge on any atom is 0.337 e. The number of carboxylic acid groups (broad SMARTS) is 1. The Kier molecular flexibility index (Phi) is 5.34. The van der Waals surface area contributed by atoms with Crippen LogP contribution in [-0.2, 0) is 9.53 Å². The lowest BCUT2D eigenvalue weighted by Crippen LogP contribution is -2.22. The van der Waals surface area contributed by atoms with Crippen molar-refractivity contribution >= 4 is 17.6 Å². The van der Waals surface area contributed by atoms with Gasteiger partial charge in [-0.05, 0) is 6.07 Å². The molecule has 0 bridgehead atoms. The van der Waals surface area contributed by atoms with E-state index in [1.807, 2.05) is 0 Å². The Balaban J connectivity index is 2.84. The van der Waals surface area contributed by atoms with Gasteiger partial charge in [-0.25, -0.2) is 13.6 Å². The molecule has 0 heterocycles. The van der Waals surface area contributed by atoms with Gasteiger partial charge in [-0.3, -0.25) is 4.79 Å². The summed E-state index contributed by atoms with van der Waals surface area (Å²) in [6.45, 7) is 0.00503. The van der Waals surface area contributed by atoms with Crippen LogP contribution in [0.3, 0.4) is 0 Å². The Morgan fingerprint density at radius 1 is 1.32 bits per heavy atom. The third kappa shape index (κ3) is 4.27. The normalized spacial score (nSPS) is 10.3. The average molecular weight is 274 g/mol. The molecule has 6 nitrogen and oxygen atoms in total.